The molecule has 1 unspecified atom stereocenters. The molecule has 0 saturated carbocycles. The maximum Gasteiger partial charge on any atom is 0.408 e. The lowest BCUT2D eigenvalue weighted by molar-refractivity contribution is -0.115. The van der Waals surface area contributed by atoms with Gasteiger partial charge >= 0.3 is 12.1 Å². The fraction of sp³-hybridized carbons (Fsp3) is 0.423. The summed E-state index contributed by atoms with van der Waals surface area (Å²) in [6, 6.07) is 6.56. The Hall–Kier alpha value is -4.35. The van der Waals surface area contributed by atoms with E-state index in [-0.39, 0.29) is 18.6 Å². The molecule has 3 heterocycles. The van der Waals surface area contributed by atoms with Gasteiger partial charge in [-0.25, -0.2) is 19.6 Å². The number of nitrogens with zero attached hydrogens (tertiary/aromatic N) is 4. The SMILES string of the molecule is Cc1c[nH]c2ncnc(N3CCN(C(=O)Nc4cccc(NC(=O)CNC(=O)OC(C)(C)C)c4)C(C)C3)c12. The quantitative estimate of drug-likeness (QED) is 0.401. The first-order valence-electron chi connectivity index (χ1n) is 12.5. The molecule has 4 N–H and O–H groups in total. The van der Waals surface area contributed by atoms with E-state index in [4.69, 9.17) is 4.74 Å². The van der Waals surface area contributed by atoms with Gasteiger partial charge in [0.05, 0.1) is 5.39 Å². The lowest BCUT2D eigenvalue weighted by Crippen LogP contribution is -2.55. The number of ether oxygens (including phenoxy) is 1. The van der Waals surface area contributed by atoms with Gasteiger partial charge in [0.25, 0.3) is 0 Å². The average molecular weight is 523 g/mol. The Bertz CT molecular complexity index is 1330. The molecule has 2 aromatic heterocycles. The van der Waals surface area contributed by atoms with Gasteiger partial charge < -0.3 is 35.5 Å². The van der Waals surface area contributed by atoms with Gasteiger partial charge in [-0.3, -0.25) is 4.79 Å². The molecule has 38 heavy (non-hydrogen) atoms. The lowest BCUT2D eigenvalue weighted by Gasteiger charge is -2.40. The van der Waals surface area contributed by atoms with E-state index in [0.29, 0.717) is 31.0 Å². The maximum absolute atomic E-state index is 13.1. The van der Waals surface area contributed by atoms with Gasteiger partial charge in [0.1, 0.15) is 29.9 Å². The molecule has 3 aromatic rings. The van der Waals surface area contributed by atoms with Crippen molar-refractivity contribution in [1.29, 1.82) is 0 Å². The Kier molecular flexibility index (Phi) is 7.70. The smallest absolute Gasteiger partial charge is 0.408 e. The number of fused-ring (bicyclic) bond motifs is 1. The Balaban J connectivity index is 1.32. The molecule has 12 nitrogen and oxygen atoms in total. The number of amides is 4. The molecule has 4 rings (SSSR count). The number of nitrogens with one attached hydrogen (secondary N) is 4. The third-order valence-electron chi connectivity index (χ3n) is 6.02. The van der Waals surface area contributed by atoms with Crippen molar-refractivity contribution in [3.8, 4) is 0 Å². The standard InChI is InChI=1S/C26H34N8O4/c1-16-12-27-22-21(16)23(30-15-29-22)33-9-10-34(17(2)14-33)24(36)32-19-8-6-7-18(11-19)31-20(35)13-28-25(37)38-26(3,4)5/h6-8,11-12,15,17H,9-10,13-14H2,1-5H3,(H,28,37)(H,31,35)(H,32,36)(H,27,29,30). The highest BCUT2D eigenvalue weighted by molar-refractivity contribution is 5.96. The molecule has 1 aromatic carbocycles. The van der Waals surface area contributed by atoms with Gasteiger partial charge in [-0.1, -0.05) is 6.07 Å². The van der Waals surface area contributed by atoms with Crippen LogP contribution < -0.4 is 20.9 Å². The normalized spacial score (nSPS) is 15.8. The highest BCUT2D eigenvalue weighted by Crippen LogP contribution is 2.28. The molecule has 1 atom stereocenters. The fourth-order valence-electron chi connectivity index (χ4n) is 4.33. The van der Waals surface area contributed by atoms with Crippen LogP contribution >= 0.6 is 0 Å². The minimum Gasteiger partial charge on any atom is -0.444 e. The van der Waals surface area contributed by atoms with E-state index in [1.807, 2.05) is 20.0 Å². The van der Waals surface area contributed by atoms with E-state index in [1.54, 1.807) is 56.3 Å². The van der Waals surface area contributed by atoms with Crippen molar-refractivity contribution < 1.29 is 19.1 Å². The van der Waals surface area contributed by atoms with E-state index in [2.05, 4.69) is 35.8 Å². The Morgan fingerprint density at radius 3 is 2.58 bits per heavy atom. The molecular weight excluding hydrogens is 488 g/mol. The molecule has 0 bridgehead atoms. The molecule has 12 heteroatoms. The summed E-state index contributed by atoms with van der Waals surface area (Å²) in [7, 11) is 0. The molecule has 1 aliphatic heterocycles. The predicted molar refractivity (Wildman–Crippen MR) is 145 cm³/mol. The third-order valence-corrected chi connectivity index (χ3v) is 6.02. The monoisotopic (exact) mass is 522 g/mol. The van der Waals surface area contributed by atoms with Gasteiger partial charge in [0.15, 0.2) is 0 Å². The molecule has 1 saturated heterocycles. The van der Waals surface area contributed by atoms with Gasteiger partial charge in [-0.2, -0.15) is 0 Å². The van der Waals surface area contributed by atoms with E-state index >= 15 is 0 Å². The zero-order valence-corrected chi connectivity index (χ0v) is 22.3. The zero-order chi connectivity index (χ0) is 27.4. The van der Waals surface area contributed by atoms with Crippen LogP contribution in [0.25, 0.3) is 11.0 Å². The minimum atomic E-state index is -0.671. The number of carbonyl (C=O) groups excluding carboxylic acids is 3. The Labute approximate surface area is 221 Å². The summed E-state index contributed by atoms with van der Waals surface area (Å²) < 4.78 is 5.13. The van der Waals surface area contributed by atoms with E-state index < -0.39 is 17.6 Å². The number of aromatic amines is 1. The summed E-state index contributed by atoms with van der Waals surface area (Å²) in [5, 5.41) is 9.04. The zero-order valence-electron chi connectivity index (χ0n) is 22.3. The van der Waals surface area contributed by atoms with Gasteiger partial charge in [0, 0.05) is 43.2 Å². The summed E-state index contributed by atoms with van der Waals surface area (Å²) >= 11 is 0. The second-order valence-electron chi connectivity index (χ2n) is 10.3. The fourth-order valence-corrected chi connectivity index (χ4v) is 4.33. The van der Waals surface area contributed by atoms with Gasteiger partial charge in [0.2, 0.25) is 5.91 Å². The van der Waals surface area contributed by atoms with Crippen LogP contribution in [0, 0.1) is 6.92 Å². The van der Waals surface area contributed by atoms with Crippen LogP contribution in [0.2, 0.25) is 0 Å². The van der Waals surface area contributed by atoms with Gasteiger partial charge in [-0.05, 0) is 58.4 Å². The molecule has 0 radical (unpaired) electrons. The van der Waals surface area contributed by atoms with E-state index in [9.17, 15) is 14.4 Å². The number of H-pyrrole nitrogens is 1. The number of rotatable bonds is 5. The first kappa shape index (κ1) is 26.7. The molecular formula is C26H34N8O4. The number of piperazine rings is 1. The Morgan fingerprint density at radius 2 is 1.87 bits per heavy atom. The minimum absolute atomic E-state index is 0.0603. The summed E-state index contributed by atoms with van der Waals surface area (Å²) in [6.07, 6.45) is 2.80. The number of hydrogen-bond donors (Lipinski definition) is 4. The number of aryl methyl sites for hydroxylation is 1. The number of urea groups is 1. The van der Waals surface area contributed by atoms with Crippen LogP contribution in [0.1, 0.15) is 33.3 Å². The van der Waals surface area contributed by atoms with Crippen molar-refractivity contribution in [3.05, 3.63) is 42.4 Å². The van der Waals surface area contributed by atoms with Crippen LogP contribution in [0.4, 0.5) is 26.8 Å². The highest BCUT2D eigenvalue weighted by atomic mass is 16.6. The van der Waals surface area contributed by atoms with E-state index in [1.165, 1.54) is 0 Å². The topological polar surface area (TPSA) is 145 Å². The number of benzene rings is 1. The van der Waals surface area contributed by atoms with Crippen molar-refractivity contribution in [2.45, 2.75) is 46.3 Å². The number of hydrogen-bond acceptors (Lipinski definition) is 7. The molecule has 0 aliphatic carbocycles. The maximum atomic E-state index is 13.1. The van der Waals surface area contributed by atoms with Gasteiger partial charge in [-0.15, -0.1) is 0 Å². The second kappa shape index (κ2) is 11.0. The van der Waals surface area contributed by atoms with Crippen molar-refractivity contribution in [2.75, 3.05) is 41.7 Å². The first-order valence-corrected chi connectivity index (χ1v) is 12.5. The summed E-state index contributed by atoms with van der Waals surface area (Å²) in [5.41, 5.74) is 2.26. The number of anilines is 3. The summed E-state index contributed by atoms with van der Waals surface area (Å²) in [5.74, 6) is 0.450. The first-order chi connectivity index (χ1) is 18.0. The van der Waals surface area contributed by atoms with Crippen LogP contribution in [-0.2, 0) is 9.53 Å². The Morgan fingerprint density at radius 1 is 1.13 bits per heavy atom. The summed E-state index contributed by atoms with van der Waals surface area (Å²) in [4.78, 5) is 53.0. The van der Waals surface area contributed by atoms with Crippen molar-refractivity contribution >= 4 is 46.3 Å². The predicted octanol–water partition coefficient (Wildman–Crippen LogP) is 3.47. The highest BCUT2D eigenvalue weighted by Gasteiger charge is 2.29. The van der Waals surface area contributed by atoms with Crippen molar-refractivity contribution in [3.63, 3.8) is 0 Å². The molecule has 4 amide bonds. The van der Waals surface area contributed by atoms with Crippen LogP contribution in [0.3, 0.4) is 0 Å². The molecule has 0 spiro atoms. The molecule has 1 aliphatic rings. The number of alkyl carbamates (subject to hydrolysis) is 1. The molecule has 1 fully saturated rings. The lowest BCUT2D eigenvalue weighted by atomic mass is 10.1. The largest absolute Gasteiger partial charge is 0.444 e. The number of aromatic nitrogens is 3. The molecule has 202 valence electrons. The second-order valence-corrected chi connectivity index (χ2v) is 10.3. The van der Waals surface area contributed by atoms with Crippen LogP contribution in [0.5, 0.6) is 0 Å². The average Bonchev–Trinajstić information content (AvgIpc) is 3.23. The van der Waals surface area contributed by atoms with Crippen molar-refractivity contribution in [1.82, 2.24) is 25.2 Å². The van der Waals surface area contributed by atoms with Crippen LogP contribution in [0.15, 0.2) is 36.8 Å². The van der Waals surface area contributed by atoms with Crippen LogP contribution in [-0.4, -0.2) is 75.7 Å². The summed E-state index contributed by atoms with van der Waals surface area (Å²) in [6.45, 7) is 10.8. The van der Waals surface area contributed by atoms with Crippen molar-refractivity contribution in [2.24, 2.45) is 0 Å². The third kappa shape index (κ3) is 6.50. The number of carbonyl (C=O) groups is 3. The van der Waals surface area contributed by atoms with E-state index in [0.717, 1.165) is 22.4 Å².